The molecule has 0 aliphatic carbocycles. The minimum Gasteiger partial charge on any atom is -0.380 e. The summed E-state index contributed by atoms with van der Waals surface area (Å²) in [5.74, 6) is 0. The lowest BCUT2D eigenvalue weighted by atomic mass is 10.1. The Labute approximate surface area is 134 Å². The molecule has 0 saturated carbocycles. The highest BCUT2D eigenvalue weighted by Gasteiger charge is 2.21. The second kappa shape index (κ2) is 7.05. The van der Waals surface area contributed by atoms with E-state index in [1.54, 1.807) is 0 Å². The van der Waals surface area contributed by atoms with Gasteiger partial charge in [0.05, 0.1) is 11.9 Å². The number of aromatic nitrogens is 1. The molecule has 1 aliphatic rings. The molecule has 0 amide bonds. The van der Waals surface area contributed by atoms with Gasteiger partial charge in [-0.1, -0.05) is 30.3 Å². The molecule has 3 nitrogen and oxygen atoms in total. The lowest BCUT2D eigenvalue weighted by Crippen LogP contribution is -2.27. The first kappa shape index (κ1) is 14.5. The molecule has 3 rings (SSSR count). The van der Waals surface area contributed by atoms with Crippen LogP contribution in [0.3, 0.4) is 0 Å². The third kappa shape index (κ3) is 4.29. The fourth-order valence-electron chi connectivity index (χ4n) is 2.78. The molecule has 110 valence electrons. The van der Waals surface area contributed by atoms with Crippen LogP contribution in [-0.2, 0) is 6.42 Å². The van der Waals surface area contributed by atoms with E-state index in [9.17, 15) is 0 Å². The zero-order valence-electron chi connectivity index (χ0n) is 12.0. The van der Waals surface area contributed by atoms with E-state index >= 15 is 0 Å². The summed E-state index contributed by atoms with van der Waals surface area (Å²) in [6.45, 7) is 3.43. The van der Waals surface area contributed by atoms with Crippen LogP contribution in [0.1, 0.15) is 12.0 Å². The fourth-order valence-corrected chi connectivity index (χ4v) is 3.02. The van der Waals surface area contributed by atoms with Crippen LogP contribution in [0.2, 0.25) is 0 Å². The number of likely N-dealkylation sites (tertiary alicyclic amines) is 1. The molecule has 0 bridgehead atoms. The van der Waals surface area contributed by atoms with E-state index < -0.39 is 0 Å². The third-order valence-electron chi connectivity index (χ3n) is 3.93. The van der Waals surface area contributed by atoms with Gasteiger partial charge < -0.3 is 10.2 Å². The van der Waals surface area contributed by atoms with Gasteiger partial charge in [-0.05, 0) is 46.5 Å². The molecule has 21 heavy (non-hydrogen) atoms. The van der Waals surface area contributed by atoms with Crippen molar-refractivity contribution in [1.29, 1.82) is 0 Å². The van der Waals surface area contributed by atoms with Crippen LogP contribution in [0.5, 0.6) is 0 Å². The van der Waals surface area contributed by atoms with Crippen LogP contribution in [0, 0.1) is 0 Å². The molecule has 0 radical (unpaired) electrons. The molecule has 1 saturated heterocycles. The SMILES string of the molecule is Brc1ccc(NC2CCN(CCc3ccccc3)C2)cn1. The van der Waals surface area contributed by atoms with E-state index in [4.69, 9.17) is 0 Å². The second-order valence-electron chi connectivity index (χ2n) is 5.54. The van der Waals surface area contributed by atoms with Crippen LogP contribution >= 0.6 is 15.9 Å². The summed E-state index contributed by atoms with van der Waals surface area (Å²) in [4.78, 5) is 6.80. The molecule has 1 aromatic carbocycles. The van der Waals surface area contributed by atoms with Gasteiger partial charge in [0.2, 0.25) is 0 Å². The van der Waals surface area contributed by atoms with E-state index in [2.05, 4.69) is 67.5 Å². The number of nitrogens with zero attached hydrogens (tertiary/aromatic N) is 2. The molecule has 2 aromatic rings. The Morgan fingerprint density at radius 3 is 2.81 bits per heavy atom. The molecule has 1 aliphatic heterocycles. The van der Waals surface area contributed by atoms with Crippen LogP contribution in [0.4, 0.5) is 5.69 Å². The van der Waals surface area contributed by atoms with Gasteiger partial charge in [-0.25, -0.2) is 4.98 Å². The Kier molecular flexibility index (Phi) is 4.88. The summed E-state index contributed by atoms with van der Waals surface area (Å²) >= 11 is 3.36. The number of halogens is 1. The maximum atomic E-state index is 4.26. The molecule has 0 spiro atoms. The van der Waals surface area contributed by atoms with Gasteiger partial charge >= 0.3 is 0 Å². The lowest BCUT2D eigenvalue weighted by Gasteiger charge is -2.17. The Balaban J connectivity index is 1.46. The van der Waals surface area contributed by atoms with Crippen molar-refractivity contribution >= 4 is 21.6 Å². The molecule has 1 atom stereocenters. The van der Waals surface area contributed by atoms with E-state index in [-0.39, 0.29) is 0 Å². The molecule has 2 heterocycles. The largest absolute Gasteiger partial charge is 0.380 e. The fraction of sp³-hybridized carbons (Fsp3) is 0.353. The van der Waals surface area contributed by atoms with Crippen LogP contribution < -0.4 is 5.32 Å². The molecular weight excluding hydrogens is 326 g/mol. The first-order valence-electron chi connectivity index (χ1n) is 7.44. The quantitative estimate of drug-likeness (QED) is 0.839. The van der Waals surface area contributed by atoms with Crippen molar-refractivity contribution in [1.82, 2.24) is 9.88 Å². The number of benzene rings is 1. The minimum absolute atomic E-state index is 0.531. The summed E-state index contributed by atoms with van der Waals surface area (Å²) in [6, 6.07) is 15.3. The minimum atomic E-state index is 0.531. The maximum Gasteiger partial charge on any atom is 0.106 e. The molecule has 1 unspecified atom stereocenters. The number of hydrogen-bond acceptors (Lipinski definition) is 3. The molecule has 1 aromatic heterocycles. The highest BCUT2D eigenvalue weighted by atomic mass is 79.9. The average Bonchev–Trinajstić information content (AvgIpc) is 2.96. The molecule has 1 fully saturated rings. The summed E-state index contributed by atoms with van der Waals surface area (Å²) in [7, 11) is 0. The highest BCUT2D eigenvalue weighted by Crippen LogP contribution is 2.17. The van der Waals surface area contributed by atoms with Crippen molar-refractivity contribution in [2.75, 3.05) is 25.0 Å². The molecular formula is C17H20BrN3. The number of nitrogens with one attached hydrogen (secondary N) is 1. The van der Waals surface area contributed by atoms with Crippen molar-refractivity contribution < 1.29 is 0 Å². The zero-order valence-corrected chi connectivity index (χ0v) is 13.6. The van der Waals surface area contributed by atoms with Gasteiger partial charge in [-0.15, -0.1) is 0 Å². The summed E-state index contributed by atoms with van der Waals surface area (Å²) < 4.78 is 0.879. The van der Waals surface area contributed by atoms with Crippen molar-refractivity contribution in [2.45, 2.75) is 18.9 Å². The standard InChI is InChI=1S/C17H20BrN3/c18-17-7-6-15(12-19-17)20-16-9-11-21(13-16)10-8-14-4-2-1-3-5-14/h1-7,12,16,20H,8-11,13H2. The van der Waals surface area contributed by atoms with Gasteiger partial charge in [-0.3, -0.25) is 0 Å². The first-order valence-corrected chi connectivity index (χ1v) is 8.23. The van der Waals surface area contributed by atoms with E-state index in [0.29, 0.717) is 6.04 Å². The van der Waals surface area contributed by atoms with Crippen molar-refractivity contribution in [3.63, 3.8) is 0 Å². The Bertz CT molecular complexity index is 556. The highest BCUT2D eigenvalue weighted by molar-refractivity contribution is 9.10. The predicted octanol–water partition coefficient (Wildman–Crippen LogP) is 3.57. The second-order valence-corrected chi connectivity index (χ2v) is 6.35. The van der Waals surface area contributed by atoms with Crippen molar-refractivity contribution in [3.8, 4) is 0 Å². The Morgan fingerprint density at radius 1 is 1.19 bits per heavy atom. The van der Waals surface area contributed by atoms with E-state index in [1.165, 1.54) is 18.5 Å². The first-order chi connectivity index (χ1) is 10.3. The van der Waals surface area contributed by atoms with Crippen LogP contribution in [0.25, 0.3) is 0 Å². The van der Waals surface area contributed by atoms with Gasteiger partial charge in [0.1, 0.15) is 4.60 Å². The zero-order chi connectivity index (χ0) is 14.5. The summed E-state index contributed by atoms with van der Waals surface area (Å²) in [5, 5.41) is 3.57. The summed E-state index contributed by atoms with van der Waals surface area (Å²) in [6.07, 6.45) is 4.22. The number of rotatable bonds is 5. The Hall–Kier alpha value is -1.39. The molecule has 1 N–H and O–H groups in total. The summed E-state index contributed by atoms with van der Waals surface area (Å²) in [5.41, 5.74) is 2.53. The van der Waals surface area contributed by atoms with E-state index in [1.807, 2.05) is 12.3 Å². The van der Waals surface area contributed by atoms with Gasteiger partial charge in [0.15, 0.2) is 0 Å². The lowest BCUT2D eigenvalue weighted by molar-refractivity contribution is 0.341. The topological polar surface area (TPSA) is 28.2 Å². The smallest absolute Gasteiger partial charge is 0.106 e. The monoisotopic (exact) mass is 345 g/mol. The third-order valence-corrected chi connectivity index (χ3v) is 4.40. The number of pyridine rings is 1. The van der Waals surface area contributed by atoms with Gasteiger partial charge in [0, 0.05) is 25.7 Å². The van der Waals surface area contributed by atoms with Crippen LogP contribution in [-0.4, -0.2) is 35.6 Å². The van der Waals surface area contributed by atoms with Gasteiger partial charge in [-0.2, -0.15) is 0 Å². The van der Waals surface area contributed by atoms with E-state index in [0.717, 1.165) is 29.8 Å². The number of anilines is 1. The normalized spacial score (nSPS) is 18.8. The average molecular weight is 346 g/mol. The van der Waals surface area contributed by atoms with Crippen LogP contribution in [0.15, 0.2) is 53.3 Å². The van der Waals surface area contributed by atoms with Crippen molar-refractivity contribution in [2.24, 2.45) is 0 Å². The van der Waals surface area contributed by atoms with Crippen molar-refractivity contribution in [3.05, 3.63) is 58.8 Å². The molecule has 4 heteroatoms. The van der Waals surface area contributed by atoms with Gasteiger partial charge in [0.25, 0.3) is 0 Å². The predicted molar refractivity (Wildman–Crippen MR) is 90.6 cm³/mol. The Morgan fingerprint density at radius 2 is 2.05 bits per heavy atom. The number of hydrogen-bond donors (Lipinski definition) is 1. The maximum absolute atomic E-state index is 4.26.